The quantitative estimate of drug-likeness (QED) is 0.806. The zero-order chi connectivity index (χ0) is 17.5. The summed E-state index contributed by atoms with van der Waals surface area (Å²) in [6.07, 6.45) is 2.93. The third-order valence-electron chi connectivity index (χ3n) is 3.83. The number of nitrogens with one attached hydrogen (secondary N) is 2. The van der Waals surface area contributed by atoms with E-state index in [1.165, 1.54) is 6.26 Å². The van der Waals surface area contributed by atoms with Crippen LogP contribution in [-0.2, 0) is 4.79 Å². The summed E-state index contributed by atoms with van der Waals surface area (Å²) in [5.74, 6) is 0.240. The highest BCUT2D eigenvalue weighted by Crippen LogP contribution is 2.28. The molecule has 2 rings (SSSR count). The number of ether oxygens (including phenoxy) is 1. The third-order valence-corrected chi connectivity index (χ3v) is 3.83. The van der Waals surface area contributed by atoms with Crippen LogP contribution in [0.15, 0.2) is 41.0 Å². The van der Waals surface area contributed by atoms with Crippen LogP contribution >= 0.6 is 0 Å². The Morgan fingerprint density at radius 2 is 1.88 bits per heavy atom. The standard InChI is InChI=1S/C18H22N2O4/c1-4-12(5-2)17(21)20-15-11-13(23-3)8-9-14(15)19-18(22)16-7-6-10-24-16/h6-12H,4-5H2,1-3H3,(H,19,22)(H,20,21). The summed E-state index contributed by atoms with van der Waals surface area (Å²) in [6.45, 7) is 3.94. The van der Waals surface area contributed by atoms with Crippen molar-refractivity contribution in [3.8, 4) is 5.75 Å². The fraction of sp³-hybridized carbons (Fsp3) is 0.333. The molecule has 2 amide bonds. The van der Waals surface area contributed by atoms with Gasteiger partial charge in [-0.3, -0.25) is 9.59 Å². The summed E-state index contributed by atoms with van der Waals surface area (Å²) in [7, 11) is 1.54. The maximum absolute atomic E-state index is 12.4. The van der Waals surface area contributed by atoms with Crippen LogP contribution in [0.4, 0.5) is 11.4 Å². The first-order valence-corrected chi connectivity index (χ1v) is 7.92. The number of methoxy groups -OCH3 is 1. The van der Waals surface area contributed by atoms with Crippen molar-refractivity contribution in [3.05, 3.63) is 42.4 Å². The molecule has 24 heavy (non-hydrogen) atoms. The summed E-state index contributed by atoms with van der Waals surface area (Å²) in [6, 6.07) is 8.28. The Hall–Kier alpha value is -2.76. The highest BCUT2D eigenvalue weighted by atomic mass is 16.5. The Morgan fingerprint density at radius 1 is 1.12 bits per heavy atom. The molecule has 1 aromatic carbocycles. The second kappa shape index (κ2) is 8.19. The lowest BCUT2D eigenvalue weighted by molar-refractivity contribution is -0.120. The van der Waals surface area contributed by atoms with Gasteiger partial charge in [0.15, 0.2) is 5.76 Å². The number of anilines is 2. The Labute approximate surface area is 141 Å². The van der Waals surface area contributed by atoms with Crippen molar-refractivity contribution >= 4 is 23.2 Å². The van der Waals surface area contributed by atoms with Gasteiger partial charge in [0.2, 0.25) is 5.91 Å². The van der Waals surface area contributed by atoms with Gasteiger partial charge in [0.25, 0.3) is 5.91 Å². The van der Waals surface area contributed by atoms with Crippen LogP contribution in [0.1, 0.15) is 37.2 Å². The van der Waals surface area contributed by atoms with E-state index in [0.29, 0.717) is 17.1 Å². The Kier molecular flexibility index (Phi) is 6.01. The predicted molar refractivity (Wildman–Crippen MR) is 92.4 cm³/mol. The smallest absolute Gasteiger partial charge is 0.291 e. The topological polar surface area (TPSA) is 80.6 Å². The zero-order valence-corrected chi connectivity index (χ0v) is 14.1. The van der Waals surface area contributed by atoms with Crippen molar-refractivity contribution in [2.24, 2.45) is 5.92 Å². The zero-order valence-electron chi connectivity index (χ0n) is 14.1. The second-order valence-corrected chi connectivity index (χ2v) is 5.35. The number of hydrogen-bond donors (Lipinski definition) is 2. The van der Waals surface area contributed by atoms with E-state index in [0.717, 1.165) is 12.8 Å². The molecule has 6 nitrogen and oxygen atoms in total. The first-order chi connectivity index (χ1) is 11.6. The van der Waals surface area contributed by atoms with E-state index in [-0.39, 0.29) is 23.5 Å². The number of amides is 2. The summed E-state index contributed by atoms with van der Waals surface area (Å²) >= 11 is 0. The highest BCUT2D eigenvalue weighted by molar-refractivity contribution is 6.06. The number of furan rings is 1. The van der Waals surface area contributed by atoms with Crippen molar-refractivity contribution in [2.45, 2.75) is 26.7 Å². The first kappa shape index (κ1) is 17.6. The largest absolute Gasteiger partial charge is 0.497 e. The van der Waals surface area contributed by atoms with Crippen LogP contribution in [0.25, 0.3) is 0 Å². The van der Waals surface area contributed by atoms with Crippen LogP contribution in [0.3, 0.4) is 0 Å². The van der Waals surface area contributed by atoms with Gasteiger partial charge in [-0.15, -0.1) is 0 Å². The number of hydrogen-bond acceptors (Lipinski definition) is 4. The van der Waals surface area contributed by atoms with Crippen LogP contribution in [0, 0.1) is 5.92 Å². The molecule has 1 heterocycles. The first-order valence-electron chi connectivity index (χ1n) is 7.92. The maximum Gasteiger partial charge on any atom is 0.291 e. The molecule has 0 saturated carbocycles. The van der Waals surface area contributed by atoms with Gasteiger partial charge in [-0.1, -0.05) is 13.8 Å². The lowest BCUT2D eigenvalue weighted by Crippen LogP contribution is -2.23. The summed E-state index contributed by atoms with van der Waals surface area (Å²) < 4.78 is 10.3. The van der Waals surface area contributed by atoms with Crippen molar-refractivity contribution in [1.29, 1.82) is 0 Å². The van der Waals surface area contributed by atoms with Crippen LogP contribution in [0.5, 0.6) is 5.75 Å². The minimum absolute atomic E-state index is 0.0789. The molecular formula is C18H22N2O4. The number of benzene rings is 1. The van der Waals surface area contributed by atoms with Gasteiger partial charge in [0.05, 0.1) is 24.7 Å². The summed E-state index contributed by atoms with van der Waals surface area (Å²) in [4.78, 5) is 24.5. The van der Waals surface area contributed by atoms with Gasteiger partial charge in [-0.05, 0) is 37.1 Å². The lowest BCUT2D eigenvalue weighted by Gasteiger charge is -2.16. The van der Waals surface area contributed by atoms with E-state index in [1.54, 1.807) is 37.4 Å². The van der Waals surface area contributed by atoms with Gasteiger partial charge in [0, 0.05) is 12.0 Å². The molecule has 6 heteroatoms. The molecule has 0 bridgehead atoms. The average molecular weight is 330 g/mol. The van der Waals surface area contributed by atoms with Crippen molar-refractivity contribution in [2.75, 3.05) is 17.7 Å². The van der Waals surface area contributed by atoms with Crippen molar-refractivity contribution in [3.63, 3.8) is 0 Å². The van der Waals surface area contributed by atoms with E-state index < -0.39 is 0 Å². The molecule has 0 aliphatic heterocycles. The molecule has 0 spiro atoms. The third kappa shape index (κ3) is 4.16. The number of rotatable bonds is 7. The molecule has 2 aromatic rings. The van der Waals surface area contributed by atoms with Gasteiger partial charge in [-0.2, -0.15) is 0 Å². The lowest BCUT2D eigenvalue weighted by atomic mass is 10.0. The Morgan fingerprint density at radius 3 is 2.46 bits per heavy atom. The van der Waals surface area contributed by atoms with Gasteiger partial charge in [-0.25, -0.2) is 0 Å². The monoisotopic (exact) mass is 330 g/mol. The molecule has 0 saturated heterocycles. The average Bonchev–Trinajstić information content (AvgIpc) is 3.12. The van der Waals surface area contributed by atoms with Crippen LogP contribution in [0.2, 0.25) is 0 Å². The van der Waals surface area contributed by atoms with E-state index in [9.17, 15) is 9.59 Å². The predicted octanol–water partition coefficient (Wildman–Crippen LogP) is 3.92. The van der Waals surface area contributed by atoms with Gasteiger partial charge in [0.1, 0.15) is 5.75 Å². The molecule has 128 valence electrons. The van der Waals surface area contributed by atoms with E-state index in [4.69, 9.17) is 9.15 Å². The Balaban J connectivity index is 2.24. The summed E-state index contributed by atoms with van der Waals surface area (Å²) in [5, 5.41) is 5.62. The van der Waals surface area contributed by atoms with E-state index >= 15 is 0 Å². The molecule has 1 aromatic heterocycles. The highest BCUT2D eigenvalue weighted by Gasteiger charge is 2.18. The normalized spacial score (nSPS) is 10.5. The molecular weight excluding hydrogens is 308 g/mol. The molecule has 0 radical (unpaired) electrons. The molecule has 0 fully saturated rings. The van der Waals surface area contributed by atoms with Crippen LogP contribution < -0.4 is 15.4 Å². The van der Waals surface area contributed by atoms with Crippen molar-refractivity contribution in [1.82, 2.24) is 0 Å². The molecule has 0 unspecified atom stereocenters. The minimum atomic E-state index is -0.386. The fourth-order valence-corrected chi connectivity index (χ4v) is 2.35. The SMILES string of the molecule is CCC(CC)C(=O)Nc1cc(OC)ccc1NC(=O)c1ccco1. The van der Waals surface area contributed by atoms with Gasteiger partial charge >= 0.3 is 0 Å². The van der Waals surface area contributed by atoms with E-state index in [2.05, 4.69) is 10.6 Å². The molecule has 0 atom stereocenters. The minimum Gasteiger partial charge on any atom is -0.497 e. The van der Waals surface area contributed by atoms with E-state index in [1.807, 2.05) is 13.8 Å². The van der Waals surface area contributed by atoms with Crippen LogP contribution in [-0.4, -0.2) is 18.9 Å². The molecule has 2 N–H and O–H groups in total. The maximum atomic E-state index is 12.4. The Bertz CT molecular complexity index is 691. The second-order valence-electron chi connectivity index (χ2n) is 5.35. The fourth-order valence-electron chi connectivity index (χ4n) is 2.35. The molecule has 0 aliphatic carbocycles. The van der Waals surface area contributed by atoms with Gasteiger partial charge < -0.3 is 19.8 Å². The number of carbonyl (C=O) groups is 2. The number of carbonyl (C=O) groups excluding carboxylic acids is 2. The molecule has 0 aliphatic rings. The summed E-state index contributed by atoms with van der Waals surface area (Å²) in [5.41, 5.74) is 0.975. The van der Waals surface area contributed by atoms with Crippen molar-refractivity contribution < 1.29 is 18.7 Å².